The molecule has 0 aromatic heterocycles. The fraction of sp³-hybridized carbons (Fsp3) is 0.143. The highest BCUT2D eigenvalue weighted by atomic mass is 32.3. The molecule has 0 fully saturated rings. The minimum atomic E-state index is -4.67. The Morgan fingerprint density at radius 2 is 1.40 bits per heavy atom. The topological polar surface area (TPSA) is 202 Å². The summed E-state index contributed by atoms with van der Waals surface area (Å²) < 4.78 is 59.8. The molecular weight excluding hydrogens is 318 g/mol. The lowest BCUT2D eigenvalue weighted by molar-refractivity contribution is 0.311. The van der Waals surface area contributed by atoms with Crippen molar-refractivity contribution in [1.29, 1.82) is 0 Å². The van der Waals surface area contributed by atoms with Gasteiger partial charge in [-0.1, -0.05) is 0 Å². The lowest BCUT2D eigenvalue weighted by Crippen LogP contribution is -2.13. The Labute approximate surface area is 116 Å². The Morgan fingerprint density at radius 3 is 1.70 bits per heavy atom. The maximum absolute atomic E-state index is 10.9. The number of nitrogens with one attached hydrogen (secondary N) is 1. The third-order valence-corrected chi connectivity index (χ3v) is 2.30. The van der Waals surface area contributed by atoms with Crippen molar-refractivity contribution >= 4 is 32.1 Å². The quantitative estimate of drug-likeness (QED) is 0.232. The number of nitrogen functional groups attached to an aromatic ring is 1. The molecule has 0 aliphatic carbocycles. The van der Waals surface area contributed by atoms with Crippen molar-refractivity contribution in [1.82, 2.24) is 0 Å². The minimum absolute atomic E-state index is 0.413. The van der Waals surface area contributed by atoms with E-state index in [-0.39, 0.29) is 0 Å². The van der Waals surface area contributed by atoms with Crippen molar-refractivity contribution in [3.05, 3.63) is 24.3 Å². The molecule has 0 radical (unpaired) electrons. The van der Waals surface area contributed by atoms with Crippen LogP contribution >= 0.6 is 0 Å². The van der Waals surface area contributed by atoms with E-state index >= 15 is 0 Å². The summed E-state index contributed by atoms with van der Waals surface area (Å²) in [6.07, 6.45) is 0. The van der Waals surface area contributed by atoms with Crippen LogP contribution in [-0.4, -0.2) is 38.3 Å². The van der Waals surface area contributed by atoms with Crippen molar-refractivity contribution in [2.24, 2.45) is 5.90 Å². The van der Waals surface area contributed by atoms with E-state index in [0.717, 1.165) is 7.11 Å². The molecule has 1 rings (SSSR count). The normalized spacial score (nSPS) is 10.4. The van der Waals surface area contributed by atoms with Gasteiger partial charge in [-0.05, 0) is 24.3 Å². The number of nitrogens with two attached hydrogens (primary N) is 2. The van der Waals surface area contributed by atoms with Gasteiger partial charge in [0.25, 0.3) is 0 Å². The van der Waals surface area contributed by atoms with E-state index in [1.54, 1.807) is 24.3 Å². The van der Waals surface area contributed by atoms with Gasteiger partial charge in [0.05, 0.1) is 12.8 Å². The van der Waals surface area contributed by atoms with Crippen LogP contribution < -0.4 is 16.4 Å². The summed E-state index contributed by atoms with van der Waals surface area (Å²) >= 11 is 0. The maximum Gasteiger partial charge on any atom is 0.394 e. The Bertz CT molecular complexity index is 561. The van der Waals surface area contributed by atoms with Crippen LogP contribution in [0.5, 0.6) is 0 Å². The molecule has 13 heteroatoms. The first-order valence-electron chi connectivity index (χ1n) is 4.43. The summed E-state index contributed by atoms with van der Waals surface area (Å²) in [4.78, 5) is 0. The summed E-state index contributed by atoms with van der Waals surface area (Å²) in [7, 11) is -7.26. The van der Waals surface area contributed by atoms with E-state index in [4.69, 9.17) is 28.5 Å². The summed E-state index contributed by atoms with van der Waals surface area (Å²) in [5.41, 5.74) is 6.40. The summed E-state index contributed by atoms with van der Waals surface area (Å²) in [6, 6.07) is 6.28. The van der Waals surface area contributed by atoms with Crippen LogP contribution in [0, 0.1) is 0 Å². The van der Waals surface area contributed by atoms with Crippen molar-refractivity contribution < 1.29 is 35.3 Å². The van der Waals surface area contributed by atoms with E-state index in [1.165, 1.54) is 0 Å². The Balaban J connectivity index is 0. The Hall–Kier alpha value is -1.48. The third-order valence-electron chi connectivity index (χ3n) is 1.37. The Morgan fingerprint density at radius 1 is 1.05 bits per heavy atom. The van der Waals surface area contributed by atoms with Gasteiger partial charge in [0.1, 0.15) is 0 Å². The van der Waals surface area contributed by atoms with E-state index in [1.807, 2.05) is 0 Å². The molecule has 8 N–H and O–H groups in total. The van der Waals surface area contributed by atoms with Gasteiger partial charge < -0.3 is 10.9 Å². The van der Waals surface area contributed by atoms with Gasteiger partial charge in [-0.2, -0.15) is 16.8 Å². The average Bonchev–Trinajstić information content (AvgIpc) is 2.32. The SMILES string of the molecule is COS(=O)(=O)Nc1ccc(N)cc1.NO.O=S(=O)(O)O. The minimum Gasteiger partial charge on any atom is -0.399 e. The standard InChI is InChI=1S/C7H10N2O3S.H3NO.H2O4S/c1-12-13(10,11)9-7-4-2-6(8)3-5-7;1-2;1-5(2,3)4/h2-5,9H,8H2,1H3;2H,1H2;(H2,1,2,3,4). The zero-order valence-corrected chi connectivity index (χ0v) is 11.8. The highest BCUT2D eigenvalue weighted by Crippen LogP contribution is 2.11. The van der Waals surface area contributed by atoms with Crippen LogP contribution in [0.3, 0.4) is 0 Å². The zero-order valence-electron chi connectivity index (χ0n) is 10.2. The van der Waals surface area contributed by atoms with Crippen molar-refractivity contribution in [3.63, 3.8) is 0 Å². The molecular formula is C7H15N3O8S2. The highest BCUT2D eigenvalue weighted by molar-refractivity contribution is 7.88. The van der Waals surface area contributed by atoms with Gasteiger partial charge in [-0.25, -0.2) is 5.90 Å². The monoisotopic (exact) mass is 333 g/mol. The first kappa shape index (κ1) is 20.8. The van der Waals surface area contributed by atoms with E-state index in [2.05, 4.69) is 14.8 Å². The highest BCUT2D eigenvalue weighted by Gasteiger charge is 2.06. The molecule has 11 nitrogen and oxygen atoms in total. The third kappa shape index (κ3) is 14.6. The van der Waals surface area contributed by atoms with Crippen LogP contribution in [0.15, 0.2) is 24.3 Å². The summed E-state index contributed by atoms with van der Waals surface area (Å²) in [6.45, 7) is 0. The Kier molecular flexibility index (Phi) is 9.82. The second-order valence-electron chi connectivity index (χ2n) is 2.79. The van der Waals surface area contributed by atoms with Crippen molar-refractivity contribution in [2.45, 2.75) is 0 Å². The first-order valence-corrected chi connectivity index (χ1v) is 7.23. The molecule has 1 aromatic rings. The van der Waals surface area contributed by atoms with Gasteiger partial charge in [-0.3, -0.25) is 18.0 Å². The van der Waals surface area contributed by atoms with Gasteiger partial charge in [-0.15, -0.1) is 0 Å². The molecule has 20 heavy (non-hydrogen) atoms. The lowest BCUT2D eigenvalue weighted by Gasteiger charge is -2.04. The van der Waals surface area contributed by atoms with Crippen LogP contribution in [0.4, 0.5) is 11.4 Å². The first-order chi connectivity index (χ1) is 9.03. The molecule has 118 valence electrons. The lowest BCUT2D eigenvalue weighted by atomic mass is 10.3. The molecule has 0 atom stereocenters. The second kappa shape index (κ2) is 9.43. The summed E-state index contributed by atoms with van der Waals surface area (Å²) in [5.74, 6) is 3.50. The van der Waals surface area contributed by atoms with Crippen molar-refractivity contribution in [2.75, 3.05) is 17.6 Å². The fourth-order valence-electron chi connectivity index (χ4n) is 0.737. The molecule has 0 bridgehead atoms. The molecule has 0 heterocycles. The van der Waals surface area contributed by atoms with E-state index < -0.39 is 20.7 Å². The van der Waals surface area contributed by atoms with Gasteiger partial charge >= 0.3 is 20.7 Å². The second-order valence-corrected chi connectivity index (χ2v) is 5.13. The van der Waals surface area contributed by atoms with Crippen LogP contribution in [0.2, 0.25) is 0 Å². The van der Waals surface area contributed by atoms with Crippen LogP contribution in [-0.2, 0) is 24.9 Å². The van der Waals surface area contributed by atoms with Gasteiger partial charge in [0, 0.05) is 5.69 Å². The molecule has 0 saturated carbocycles. The zero-order chi connectivity index (χ0) is 16.4. The van der Waals surface area contributed by atoms with Crippen LogP contribution in [0.1, 0.15) is 0 Å². The van der Waals surface area contributed by atoms with Gasteiger partial charge in [0.15, 0.2) is 0 Å². The average molecular weight is 333 g/mol. The molecule has 0 unspecified atom stereocenters. The maximum atomic E-state index is 10.9. The van der Waals surface area contributed by atoms with E-state index in [9.17, 15) is 8.42 Å². The predicted octanol–water partition coefficient (Wildman–Crippen LogP) is -0.747. The number of anilines is 2. The molecule has 0 saturated heterocycles. The molecule has 0 aliphatic rings. The number of rotatable bonds is 3. The molecule has 1 aromatic carbocycles. The number of benzene rings is 1. The number of hydrogen-bond acceptors (Lipinski definition) is 8. The smallest absolute Gasteiger partial charge is 0.394 e. The molecule has 0 spiro atoms. The predicted molar refractivity (Wildman–Crippen MR) is 70.6 cm³/mol. The largest absolute Gasteiger partial charge is 0.399 e. The van der Waals surface area contributed by atoms with E-state index in [0.29, 0.717) is 11.4 Å². The van der Waals surface area contributed by atoms with Gasteiger partial charge in [0.2, 0.25) is 0 Å². The van der Waals surface area contributed by atoms with Crippen molar-refractivity contribution in [3.8, 4) is 0 Å². The molecule has 0 aliphatic heterocycles. The number of hydrogen-bond donors (Lipinski definition) is 6. The van der Waals surface area contributed by atoms with Crippen LogP contribution in [0.25, 0.3) is 0 Å². The summed E-state index contributed by atoms with van der Waals surface area (Å²) in [5, 5.41) is 6.50. The fourth-order valence-corrected chi connectivity index (χ4v) is 1.25. The molecule has 0 amide bonds.